The fourth-order valence-corrected chi connectivity index (χ4v) is 1.25. The van der Waals surface area contributed by atoms with Crippen molar-refractivity contribution in [1.29, 1.82) is 0 Å². The van der Waals surface area contributed by atoms with E-state index in [1.54, 1.807) is 4.90 Å². The predicted octanol–water partition coefficient (Wildman–Crippen LogP) is -0.466. The third-order valence-corrected chi connectivity index (χ3v) is 1.99. The van der Waals surface area contributed by atoms with Gasteiger partial charge in [0.05, 0.1) is 6.54 Å². The molecule has 11 heavy (non-hydrogen) atoms. The maximum atomic E-state index is 11.1. The van der Waals surface area contributed by atoms with Gasteiger partial charge >= 0.3 is 11.9 Å². The van der Waals surface area contributed by atoms with Crippen molar-refractivity contribution < 1.29 is 14.3 Å². The topological polar surface area (TPSA) is 46.6 Å². The van der Waals surface area contributed by atoms with Crippen LogP contribution in [-0.4, -0.2) is 36.0 Å². The number of ether oxygens (including phenoxy) is 1. The fraction of sp³-hybridized carbons (Fsp3) is 0.714. The number of morpholine rings is 1. The standard InChI is InChI=1S/C7H9NO3/c9-6-7(10)11-4-3-8(6)5-1-2-5/h5H,1-4H2. The summed E-state index contributed by atoms with van der Waals surface area (Å²) in [6.45, 7) is 0.941. The first-order chi connectivity index (χ1) is 5.29. The van der Waals surface area contributed by atoms with Crippen LogP contribution in [0.5, 0.6) is 0 Å². The molecule has 1 heterocycles. The highest BCUT2D eigenvalue weighted by Gasteiger charge is 2.38. The highest BCUT2D eigenvalue weighted by Crippen LogP contribution is 2.27. The minimum atomic E-state index is -0.692. The number of amides is 1. The van der Waals surface area contributed by atoms with Gasteiger partial charge in [-0.2, -0.15) is 0 Å². The third-order valence-electron chi connectivity index (χ3n) is 1.99. The molecular weight excluding hydrogens is 146 g/mol. The van der Waals surface area contributed by atoms with E-state index in [2.05, 4.69) is 4.74 Å². The summed E-state index contributed by atoms with van der Waals surface area (Å²) in [6, 6.07) is 0.329. The summed E-state index contributed by atoms with van der Waals surface area (Å²) in [4.78, 5) is 23.4. The fourth-order valence-electron chi connectivity index (χ4n) is 1.25. The van der Waals surface area contributed by atoms with Crippen molar-refractivity contribution in [3.8, 4) is 0 Å². The molecule has 0 aromatic rings. The minimum absolute atomic E-state index is 0.329. The molecule has 4 nitrogen and oxygen atoms in total. The molecule has 1 saturated heterocycles. The van der Waals surface area contributed by atoms with E-state index < -0.39 is 11.9 Å². The molecule has 1 aliphatic carbocycles. The lowest BCUT2D eigenvalue weighted by Crippen LogP contribution is -2.46. The predicted molar refractivity (Wildman–Crippen MR) is 35.7 cm³/mol. The average molecular weight is 155 g/mol. The van der Waals surface area contributed by atoms with E-state index in [-0.39, 0.29) is 0 Å². The maximum absolute atomic E-state index is 11.1. The second-order valence-electron chi connectivity index (χ2n) is 2.87. The van der Waals surface area contributed by atoms with Crippen LogP contribution >= 0.6 is 0 Å². The molecule has 0 unspecified atom stereocenters. The molecule has 0 bridgehead atoms. The summed E-state index contributed by atoms with van der Waals surface area (Å²) < 4.78 is 4.57. The van der Waals surface area contributed by atoms with Crippen LogP contribution < -0.4 is 0 Å². The Morgan fingerprint density at radius 1 is 1.36 bits per heavy atom. The van der Waals surface area contributed by atoms with Gasteiger partial charge in [-0.3, -0.25) is 4.79 Å². The first kappa shape index (κ1) is 6.64. The van der Waals surface area contributed by atoms with Crippen LogP contribution in [0.4, 0.5) is 0 Å². The van der Waals surface area contributed by atoms with Crippen molar-refractivity contribution >= 4 is 11.9 Å². The van der Waals surface area contributed by atoms with Crippen LogP contribution in [0, 0.1) is 0 Å². The van der Waals surface area contributed by atoms with Gasteiger partial charge in [0.1, 0.15) is 6.61 Å². The number of carbonyl (C=O) groups excluding carboxylic acids is 2. The Balaban J connectivity index is 2.07. The molecule has 60 valence electrons. The quantitative estimate of drug-likeness (QED) is 0.380. The van der Waals surface area contributed by atoms with Gasteiger partial charge in [0, 0.05) is 6.04 Å². The van der Waals surface area contributed by atoms with E-state index >= 15 is 0 Å². The molecule has 1 saturated carbocycles. The Morgan fingerprint density at radius 3 is 2.73 bits per heavy atom. The Bertz CT molecular complexity index is 210. The van der Waals surface area contributed by atoms with Crippen molar-refractivity contribution in [3.63, 3.8) is 0 Å². The number of esters is 1. The number of carbonyl (C=O) groups is 2. The molecule has 0 aromatic heterocycles. The van der Waals surface area contributed by atoms with Gasteiger partial charge in [0.2, 0.25) is 0 Å². The molecule has 0 N–H and O–H groups in total. The molecule has 2 fully saturated rings. The van der Waals surface area contributed by atoms with Gasteiger partial charge in [-0.1, -0.05) is 0 Å². The lowest BCUT2D eigenvalue weighted by molar-refractivity contribution is -0.166. The second kappa shape index (κ2) is 2.22. The monoisotopic (exact) mass is 155 g/mol. The molecule has 1 amide bonds. The summed E-state index contributed by atoms with van der Waals surface area (Å²) in [5.41, 5.74) is 0. The van der Waals surface area contributed by atoms with E-state index in [1.807, 2.05) is 0 Å². The SMILES string of the molecule is O=C1OCCN(C2CC2)C1=O. The molecule has 1 aliphatic heterocycles. The van der Waals surface area contributed by atoms with Crippen molar-refractivity contribution in [2.24, 2.45) is 0 Å². The maximum Gasteiger partial charge on any atom is 0.397 e. The number of cyclic esters (lactones) is 1. The average Bonchev–Trinajstić information content (AvgIpc) is 2.77. The molecule has 4 heteroatoms. The molecule has 2 aliphatic rings. The summed E-state index contributed by atoms with van der Waals surface area (Å²) in [7, 11) is 0. The zero-order chi connectivity index (χ0) is 7.84. The van der Waals surface area contributed by atoms with E-state index in [4.69, 9.17) is 0 Å². The van der Waals surface area contributed by atoms with Crippen molar-refractivity contribution in [2.75, 3.05) is 13.2 Å². The van der Waals surface area contributed by atoms with Crippen LogP contribution in [0.3, 0.4) is 0 Å². The minimum Gasteiger partial charge on any atom is -0.457 e. The smallest absolute Gasteiger partial charge is 0.397 e. The molecule has 0 aromatic carbocycles. The van der Waals surface area contributed by atoms with Gasteiger partial charge in [0.25, 0.3) is 0 Å². The lowest BCUT2D eigenvalue weighted by Gasteiger charge is -2.25. The zero-order valence-corrected chi connectivity index (χ0v) is 6.08. The number of hydrogen-bond donors (Lipinski definition) is 0. The van der Waals surface area contributed by atoms with Gasteiger partial charge in [-0.25, -0.2) is 4.79 Å². The third kappa shape index (κ3) is 1.08. The molecule has 2 rings (SSSR count). The summed E-state index contributed by atoms with van der Waals surface area (Å²) >= 11 is 0. The first-order valence-corrected chi connectivity index (χ1v) is 3.77. The highest BCUT2D eigenvalue weighted by atomic mass is 16.5. The summed E-state index contributed by atoms with van der Waals surface area (Å²) in [5.74, 6) is -1.15. The Hall–Kier alpha value is -1.06. The number of hydrogen-bond acceptors (Lipinski definition) is 3. The van der Waals surface area contributed by atoms with Crippen molar-refractivity contribution in [3.05, 3.63) is 0 Å². The van der Waals surface area contributed by atoms with Crippen LogP contribution in [0.25, 0.3) is 0 Å². The highest BCUT2D eigenvalue weighted by molar-refractivity contribution is 6.32. The van der Waals surface area contributed by atoms with Crippen molar-refractivity contribution in [1.82, 2.24) is 4.90 Å². The van der Waals surface area contributed by atoms with Crippen molar-refractivity contribution in [2.45, 2.75) is 18.9 Å². The molecule has 0 spiro atoms. The Labute approximate surface area is 64.1 Å². The number of rotatable bonds is 1. The van der Waals surface area contributed by atoms with Crippen LogP contribution in [0.1, 0.15) is 12.8 Å². The molecule has 0 radical (unpaired) electrons. The summed E-state index contributed by atoms with van der Waals surface area (Å²) in [6.07, 6.45) is 2.08. The van der Waals surface area contributed by atoms with Gasteiger partial charge in [-0.15, -0.1) is 0 Å². The van der Waals surface area contributed by atoms with E-state index in [9.17, 15) is 9.59 Å². The van der Waals surface area contributed by atoms with Gasteiger partial charge in [-0.05, 0) is 12.8 Å². The van der Waals surface area contributed by atoms with Crippen LogP contribution in [0.15, 0.2) is 0 Å². The molecule has 0 atom stereocenters. The van der Waals surface area contributed by atoms with Crippen LogP contribution in [-0.2, 0) is 14.3 Å². The first-order valence-electron chi connectivity index (χ1n) is 3.77. The lowest BCUT2D eigenvalue weighted by atomic mass is 10.4. The second-order valence-corrected chi connectivity index (χ2v) is 2.87. The summed E-state index contributed by atoms with van der Waals surface area (Å²) in [5, 5.41) is 0. The van der Waals surface area contributed by atoms with Gasteiger partial charge in [0.15, 0.2) is 0 Å². The molecular formula is C7H9NO3. The normalized spacial score (nSPS) is 25.3. The largest absolute Gasteiger partial charge is 0.457 e. The van der Waals surface area contributed by atoms with E-state index in [1.165, 1.54) is 0 Å². The van der Waals surface area contributed by atoms with Crippen LogP contribution in [0.2, 0.25) is 0 Å². The van der Waals surface area contributed by atoms with Gasteiger partial charge < -0.3 is 9.64 Å². The Kier molecular flexibility index (Phi) is 1.34. The number of nitrogens with zero attached hydrogens (tertiary/aromatic N) is 1. The Morgan fingerprint density at radius 2 is 2.09 bits per heavy atom. The van der Waals surface area contributed by atoms with E-state index in [0.29, 0.717) is 19.2 Å². The van der Waals surface area contributed by atoms with E-state index in [0.717, 1.165) is 12.8 Å². The zero-order valence-electron chi connectivity index (χ0n) is 6.08.